The van der Waals surface area contributed by atoms with Crippen LogP contribution in [0.25, 0.3) is 10.8 Å². The standard InChI is InChI=1S/C14H16BrO3PS/c1-3-17-19(20,18-4-2)14-12-7-6-11(15)9-10(12)5-8-13(14)16/h5-9,16H,3-4H2,1-2H3. The highest BCUT2D eigenvalue weighted by Crippen LogP contribution is 2.51. The number of hydrogen-bond donors (Lipinski definition) is 1. The summed E-state index contributed by atoms with van der Waals surface area (Å²) in [4.78, 5) is 0. The first-order valence-corrected chi connectivity index (χ1v) is 9.76. The van der Waals surface area contributed by atoms with Crippen LogP contribution in [0.4, 0.5) is 0 Å². The molecule has 0 saturated heterocycles. The second-order valence-corrected chi connectivity index (χ2v) is 8.45. The van der Waals surface area contributed by atoms with Crippen LogP contribution in [0.5, 0.6) is 5.75 Å². The van der Waals surface area contributed by atoms with E-state index in [9.17, 15) is 5.11 Å². The lowest BCUT2D eigenvalue weighted by molar-refractivity contribution is 0.274. The average Bonchev–Trinajstić information content (AvgIpc) is 2.39. The van der Waals surface area contributed by atoms with Crippen LogP contribution in [-0.4, -0.2) is 18.3 Å². The molecule has 0 aliphatic rings. The van der Waals surface area contributed by atoms with Gasteiger partial charge in [0.2, 0.25) is 6.49 Å². The molecule has 2 rings (SSSR count). The fourth-order valence-electron chi connectivity index (χ4n) is 2.07. The molecular formula is C14H16BrO3PS. The predicted molar refractivity (Wildman–Crippen MR) is 90.5 cm³/mol. The van der Waals surface area contributed by atoms with E-state index in [0.29, 0.717) is 18.5 Å². The van der Waals surface area contributed by atoms with Crippen molar-refractivity contribution in [3.8, 4) is 5.75 Å². The molecular weight excluding hydrogens is 359 g/mol. The van der Waals surface area contributed by atoms with Gasteiger partial charge in [0.05, 0.1) is 18.5 Å². The molecule has 2 aromatic carbocycles. The first-order valence-electron chi connectivity index (χ1n) is 6.32. The number of phenolic OH excluding ortho intramolecular Hbond substituents is 1. The molecule has 0 spiro atoms. The molecule has 2 aromatic rings. The summed E-state index contributed by atoms with van der Waals surface area (Å²) < 4.78 is 12.4. The highest BCUT2D eigenvalue weighted by atomic mass is 79.9. The van der Waals surface area contributed by atoms with Gasteiger partial charge >= 0.3 is 0 Å². The van der Waals surface area contributed by atoms with E-state index in [1.807, 2.05) is 38.1 Å². The molecule has 0 saturated carbocycles. The lowest BCUT2D eigenvalue weighted by atomic mass is 10.1. The smallest absolute Gasteiger partial charge is 0.223 e. The zero-order valence-electron chi connectivity index (χ0n) is 11.3. The van der Waals surface area contributed by atoms with Crippen LogP contribution in [0.15, 0.2) is 34.8 Å². The maximum atomic E-state index is 10.3. The van der Waals surface area contributed by atoms with Crippen molar-refractivity contribution < 1.29 is 14.2 Å². The number of benzene rings is 2. The van der Waals surface area contributed by atoms with E-state index in [4.69, 9.17) is 20.9 Å². The first kappa shape index (κ1) is 15.9. The van der Waals surface area contributed by atoms with Gasteiger partial charge in [-0.2, -0.15) is 0 Å². The Morgan fingerprint density at radius 1 is 1.15 bits per heavy atom. The Labute approximate surface area is 132 Å². The lowest BCUT2D eigenvalue weighted by Crippen LogP contribution is -2.12. The van der Waals surface area contributed by atoms with Crippen molar-refractivity contribution in [1.82, 2.24) is 0 Å². The molecule has 0 radical (unpaired) electrons. The Bertz CT molecular complexity index is 665. The van der Waals surface area contributed by atoms with Crippen LogP contribution in [-0.2, 0) is 20.9 Å². The zero-order chi connectivity index (χ0) is 14.8. The van der Waals surface area contributed by atoms with E-state index < -0.39 is 6.49 Å². The maximum absolute atomic E-state index is 10.3. The zero-order valence-corrected chi connectivity index (χ0v) is 14.6. The number of aromatic hydroxyl groups is 1. The van der Waals surface area contributed by atoms with E-state index in [1.54, 1.807) is 6.07 Å². The fourth-order valence-corrected chi connectivity index (χ4v) is 5.52. The number of fused-ring (bicyclic) bond motifs is 1. The van der Waals surface area contributed by atoms with Gasteiger partial charge in [-0.25, -0.2) is 0 Å². The van der Waals surface area contributed by atoms with Crippen molar-refractivity contribution in [2.45, 2.75) is 13.8 Å². The summed E-state index contributed by atoms with van der Waals surface area (Å²) in [5, 5.41) is 12.7. The molecule has 0 aliphatic carbocycles. The summed E-state index contributed by atoms with van der Waals surface area (Å²) in [6.45, 7) is 1.94. The van der Waals surface area contributed by atoms with Crippen LogP contribution in [0.3, 0.4) is 0 Å². The molecule has 3 nitrogen and oxygen atoms in total. The van der Waals surface area contributed by atoms with Gasteiger partial charge in [-0.1, -0.05) is 28.1 Å². The molecule has 0 atom stereocenters. The minimum absolute atomic E-state index is 0.130. The van der Waals surface area contributed by atoms with Gasteiger partial charge in [-0.15, -0.1) is 0 Å². The number of halogens is 1. The number of phenols is 1. The Balaban J connectivity index is 2.73. The van der Waals surface area contributed by atoms with E-state index in [2.05, 4.69) is 15.9 Å². The number of rotatable bonds is 5. The van der Waals surface area contributed by atoms with Crippen molar-refractivity contribution in [3.63, 3.8) is 0 Å². The molecule has 0 unspecified atom stereocenters. The summed E-state index contributed by atoms with van der Waals surface area (Å²) in [5.74, 6) is 0.130. The molecule has 20 heavy (non-hydrogen) atoms. The molecule has 108 valence electrons. The molecule has 0 aromatic heterocycles. The molecule has 0 fully saturated rings. The topological polar surface area (TPSA) is 38.7 Å². The van der Waals surface area contributed by atoms with Gasteiger partial charge in [-0.3, -0.25) is 0 Å². The quantitative estimate of drug-likeness (QED) is 0.791. The second kappa shape index (κ2) is 6.54. The molecule has 0 aliphatic heterocycles. The SMILES string of the molecule is CCOP(=S)(OCC)c1c(O)ccc2cc(Br)ccc12. The Kier molecular flexibility index (Phi) is 5.21. The normalized spacial score (nSPS) is 11.9. The van der Waals surface area contributed by atoms with Crippen LogP contribution >= 0.6 is 22.4 Å². The van der Waals surface area contributed by atoms with Gasteiger partial charge in [-0.05, 0) is 54.6 Å². The van der Waals surface area contributed by atoms with Crippen LogP contribution in [0.2, 0.25) is 0 Å². The van der Waals surface area contributed by atoms with Crippen LogP contribution in [0.1, 0.15) is 13.8 Å². The van der Waals surface area contributed by atoms with Crippen LogP contribution in [0, 0.1) is 0 Å². The van der Waals surface area contributed by atoms with Gasteiger partial charge in [0.15, 0.2) is 0 Å². The summed E-state index contributed by atoms with van der Waals surface area (Å²) >= 11 is 9.05. The van der Waals surface area contributed by atoms with E-state index in [1.165, 1.54) is 0 Å². The minimum atomic E-state index is -2.70. The monoisotopic (exact) mass is 374 g/mol. The lowest BCUT2D eigenvalue weighted by Gasteiger charge is -2.23. The summed E-state index contributed by atoms with van der Waals surface area (Å²) in [6.07, 6.45) is 0. The third kappa shape index (κ3) is 3.07. The van der Waals surface area contributed by atoms with Gasteiger partial charge in [0.25, 0.3) is 0 Å². The summed E-state index contributed by atoms with van der Waals surface area (Å²) in [7, 11) is 0. The average molecular weight is 375 g/mol. The molecule has 0 amide bonds. The van der Waals surface area contributed by atoms with Crippen molar-refractivity contribution >= 4 is 50.3 Å². The van der Waals surface area contributed by atoms with Gasteiger partial charge in [0, 0.05) is 4.47 Å². The Hall–Kier alpha value is -0.450. The summed E-state index contributed by atoms with van der Waals surface area (Å²) in [5.41, 5.74) is 0. The molecule has 0 bridgehead atoms. The van der Waals surface area contributed by atoms with Gasteiger partial charge < -0.3 is 14.2 Å². The van der Waals surface area contributed by atoms with Crippen molar-refractivity contribution in [2.24, 2.45) is 0 Å². The third-order valence-electron chi connectivity index (χ3n) is 2.80. The van der Waals surface area contributed by atoms with E-state index in [-0.39, 0.29) is 5.75 Å². The Morgan fingerprint density at radius 2 is 1.80 bits per heavy atom. The molecule has 0 heterocycles. The van der Waals surface area contributed by atoms with E-state index in [0.717, 1.165) is 15.2 Å². The number of hydrogen-bond acceptors (Lipinski definition) is 4. The van der Waals surface area contributed by atoms with E-state index >= 15 is 0 Å². The molecule has 6 heteroatoms. The predicted octanol–water partition coefficient (Wildman–Crippen LogP) is 4.32. The minimum Gasteiger partial charge on any atom is -0.507 e. The van der Waals surface area contributed by atoms with Crippen LogP contribution < -0.4 is 5.30 Å². The van der Waals surface area contributed by atoms with Crippen molar-refractivity contribution in [3.05, 3.63) is 34.8 Å². The molecule has 1 N–H and O–H groups in total. The van der Waals surface area contributed by atoms with Crippen molar-refractivity contribution in [2.75, 3.05) is 13.2 Å². The van der Waals surface area contributed by atoms with Crippen molar-refractivity contribution in [1.29, 1.82) is 0 Å². The first-order chi connectivity index (χ1) is 9.51. The second-order valence-electron chi connectivity index (χ2n) is 4.13. The van der Waals surface area contributed by atoms with Gasteiger partial charge in [0.1, 0.15) is 5.75 Å². The maximum Gasteiger partial charge on any atom is 0.223 e. The third-order valence-corrected chi connectivity index (χ3v) is 6.69. The highest BCUT2D eigenvalue weighted by Gasteiger charge is 2.27. The highest BCUT2D eigenvalue weighted by molar-refractivity contribution is 9.10. The largest absolute Gasteiger partial charge is 0.507 e. The fraction of sp³-hybridized carbons (Fsp3) is 0.286. The summed E-state index contributed by atoms with van der Waals surface area (Å²) in [6, 6.07) is 9.33. The Morgan fingerprint density at radius 3 is 2.40 bits per heavy atom.